The van der Waals surface area contributed by atoms with Crippen molar-refractivity contribution in [3.05, 3.63) is 33.5 Å². The largest absolute Gasteiger partial charge is 0.416 e. The molecule has 0 unspecified atom stereocenters. The van der Waals surface area contributed by atoms with Crippen molar-refractivity contribution in [3.63, 3.8) is 0 Å². The third-order valence-electron chi connectivity index (χ3n) is 1.71. The number of benzene rings is 1. The maximum absolute atomic E-state index is 13.2. The third kappa shape index (κ3) is 2.06. The van der Waals surface area contributed by atoms with Gasteiger partial charge in [-0.3, -0.25) is 0 Å². The molecular formula is C8H6BrF4N. The van der Waals surface area contributed by atoms with E-state index in [4.69, 9.17) is 5.73 Å². The highest BCUT2D eigenvalue weighted by Gasteiger charge is 2.34. The molecule has 0 heterocycles. The fraction of sp³-hybridized carbons (Fsp3) is 0.250. The summed E-state index contributed by atoms with van der Waals surface area (Å²) in [6, 6.07) is 1.81. The molecule has 0 aromatic heterocycles. The van der Waals surface area contributed by atoms with Crippen molar-refractivity contribution in [1.82, 2.24) is 0 Å². The van der Waals surface area contributed by atoms with Crippen LogP contribution in [0, 0.1) is 5.82 Å². The average Bonchev–Trinajstić information content (AvgIpc) is 2.07. The van der Waals surface area contributed by atoms with Gasteiger partial charge in [0.25, 0.3) is 0 Å². The topological polar surface area (TPSA) is 26.0 Å². The molecule has 1 aromatic rings. The molecule has 0 saturated heterocycles. The predicted octanol–water partition coefficient (Wildman–Crippen LogP) is 3.07. The number of hydrogen-bond donors (Lipinski definition) is 1. The summed E-state index contributed by atoms with van der Waals surface area (Å²) in [5, 5.41) is 0. The van der Waals surface area contributed by atoms with Crippen LogP contribution in [0.25, 0.3) is 0 Å². The Bertz CT molecular complexity index is 348. The molecule has 0 bridgehead atoms. The maximum Gasteiger partial charge on any atom is 0.416 e. The normalized spacial score (nSPS) is 11.9. The second-order valence-electron chi connectivity index (χ2n) is 2.59. The summed E-state index contributed by atoms with van der Waals surface area (Å²) < 4.78 is 50.1. The monoisotopic (exact) mass is 271 g/mol. The summed E-state index contributed by atoms with van der Waals surface area (Å²) in [7, 11) is 0. The zero-order chi connectivity index (χ0) is 10.9. The van der Waals surface area contributed by atoms with Gasteiger partial charge in [0.1, 0.15) is 5.82 Å². The van der Waals surface area contributed by atoms with Crippen molar-refractivity contribution in [2.45, 2.75) is 12.7 Å². The first-order valence-electron chi connectivity index (χ1n) is 3.62. The van der Waals surface area contributed by atoms with Gasteiger partial charge in [-0.1, -0.05) is 0 Å². The molecule has 0 spiro atoms. The van der Waals surface area contributed by atoms with Crippen LogP contribution in [0.5, 0.6) is 0 Å². The Hall–Kier alpha value is -0.620. The van der Waals surface area contributed by atoms with Gasteiger partial charge in [-0.25, -0.2) is 4.39 Å². The highest BCUT2D eigenvalue weighted by molar-refractivity contribution is 9.10. The summed E-state index contributed by atoms with van der Waals surface area (Å²) >= 11 is 2.79. The van der Waals surface area contributed by atoms with Crippen molar-refractivity contribution in [1.29, 1.82) is 0 Å². The quantitative estimate of drug-likeness (QED) is 0.781. The van der Waals surface area contributed by atoms with E-state index in [-0.39, 0.29) is 4.47 Å². The van der Waals surface area contributed by atoms with E-state index in [1.54, 1.807) is 0 Å². The first-order valence-corrected chi connectivity index (χ1v) is 4.41. The highest BCUT2D eigenvalue weighted by Crippen LogP contribution is 2.34. The number of alkyl halides is 3. The molecule has 0 amide bonds. The maximum atomic E-state index is 13.2. The van der Waals surface area contributed by atoms with Gasteiger partial charge in [0.05, 0.1) is 10.0 Å². The van der Waals surface area contributed by atoms with Gasteiger partial charge in [0.15, 0.2) is 0 Å². The van der Waals surface area contributed by atoms with E-state index in [2.05, 4.69) is 15.9 Å². The Morgan fingerprint density at radius 1 is 1.29 bits per heavy atom. The Morgan fingerprint density at radius 2 is 1.86 bits per heavy atom. The van der Waals surface area contributed by atoms with Crippen molar-refractivity contribution in [3.8, 4) is 0 Å². The fourth-order valence-electron chi connectivity index (χ4n) is 1.06. The summed E-state index contributed by atoms with van der Waals surface area (Å²) in [5.41, 5.74) is 3.51. The fourth-order valence-corrected chi connectivity index (χ4v) is 1.43. The Balaban J connectivity index is 3.39. The van der Waals surface area contributed by atoms with Crippen molar-refractivity contribution in [2.24, 2.45) is 5.73 Å². The molecule has 0 aliphatic carbocycles. The van der Waals surface area contributed by atoms with Gasteiger partial charge in [-0.15, -0.1) is 0 Å². The highest BCUT2D eigenvalue weighted by atomic mass is 79.9. The second kappa shape index (κ2) is 3.86. The number of nitrogens with two attached hydrogens (primary N) is 1. The molecule has 0 fully saturated rings. The van der Waals surface area contributed by atoms with E-state index < -0.39 is 29.7 Å². The van der Waals surface area contributed by atoms with Crippen molar-refractivity contribution >= 4 is 15.9 Å². The molecule has 6 heteroatoms. The lowest BCUT2D eigenvalue weighted by atomic mass is 10.1. The molecule has 1 rings (SSSR count). The minimum Gasteiger partial charge on any atom is -0.326 e. The molecule has 0 aliphatic heterocycles. The summed E-state index contributed by atoms with van der Waals surface area (Å²) in [6.07, 6.45) is -4.57. The lowest BCUT2D eigenvalue weighted by Crippen LogP contribution is -2.14. The Morgan fingerprint density at radius 3 is 2.29 bits per heavy atom. The standard InChI is InChI=1S/C8H6BrF4N/c9-6-2-1-5(8(11,12)13)4(3-14)7(6)10/h1-2H,3,14H2. The van der Waals surface area contributed by atoms with E-state index in [1.165, 1.54) is 0 Å². The summed E-state index contributed by atoms with van der Waals surface area (Å²) in [5.74, 6) is -0.956. The van der Waals surface area contributed by atoms with Crippen LogP contribution < -0.4 is 5.73 Å². The second-order valence-corrected chi connectivity index (χ2v) is 3.44. The molecule has 14 heavy (non-hydrogen) atoms. The smallest absolute Gasteiger partial charge is 0.326 e. The molecule has 1 nitrogen and oxygen atoms in total. The van der Waals surface area contributed by atoms with Crippen LogP contribution in [0.2, 0.25) is 0 Å². The Labute approximate surface area is 86.0 Å². The van der Waals surface area contributed by atoms with Crippen LogP contribution in [0.3, 0.4) is 0 Å². The van der Waals surface area contributed by atoms with E-state index in [0.29, 0.717) is 0 Å². The van der Waals surface area contributed by atoms with Crippen LogP contribution >= 0.6 is 15.9 Å². The van der Waals surface area contributed by atoms with Gasteiger partial charge in [-0.2, -0.15) is 13.2 Å². The first kappa shape index (κ1) is 11.5. The van der Waals surface area contributed by atoms with Gasteiger partial charge < -0.3 is 5.73 Å². The molecule has 0 radical (unpaired) electrons. The van der Waals surface area contributed by atoms with Crippen LogP contribution in [-0.4, -0.2) is 0 Å². The zero-order valence-electron chi connectivity index (χ0n) is 6.83. The molecule has 0 aliphatic rings. The van der Waals surface area contributed by atoms with E-state index in [0.717, 1.165) is 12.1 Å². The van der Waals surface area contributed by atoms with Gasteiger partial charge in [0, 0.05) is 12.1 Å². The van der Waals surface area contributed by atoms with Gasteiger partial charge >= 0.3 is 6.18 Å². The predicted molar refractivity (Wildman–Crippen MR) is 47.0 cm³/mol. The summed E-state index contributed by atoms with van der Waals surface area (Å²) in [4.78, 5) is 0. The van der Waals surface area contributed by atoms with Crippen LogP contribution in [-0.2, 0) is 12.7 Å². The lowest BCUT2D eigenvalue weighted by Gasteiger charge is -2.12. The van der Waals surface area contributed by atoms with Crippen LogP contribution in [0.4, 0.5) is 17.6 Å². The first-order chi connectivity index (χ1) is 6.38. The van der Waals surface area contributed by atoms with E-state index >= 15 is 0 Å². The lowest BCUT2D eigenvalue weighted by molar-refractivity contribution is -0.138. The molecular weight excluding hydrogens is 266 g/mol. The van der Waals surface area contributed by atoms with E-state index in [9.17, 15) is 17.6 Å². The zero-order valence-corrected chi connectivity index (χ0v) is 8.41. The van der Waals surface area contributed by atoms with Crippen LogP contribution in [0.15, 0.2) is 16.6 Å². The van der Waals surface area contributed by atoms with Gasteiger partial charge in [0.2, 0.25) is 0 Å². The molecule has 0 atom stereocenters. The number of rotatable bonds is 1. The van der Waals surface area contributed by atoms with Crippen LogP contribution in [0.1, 0.15) is 11.1 Å². The third-order valence-corrected chi connectivity index (χ3v) is 2.32. The van der Waals surface area contributed by atoms with Crippen molar-refractivity contribution in [2.75, 3.05) is 0 Å². The summed E-state index contributed by atoms with van der Waals surface area (Å²) in [6.45, 7) is -0.486. The molecule has 0 saturated carbocycles. The number of halogens is 5. The molecule has 78 valence electrons. The SMILES string of the molecule is NCc1c(C(F)(F)F)ccc(Br)c1F. The number of hydrogen-bond acceptors (Lipinski definition) is 1. The van der Waals surface area contributed by atoms with E-state index in [1.807, 2.05) is 0 Å². The molecule has 2 N–H and O–H groups in total. The van der Waals surface area contributed by atoms with Crippen molar-refractivity contribution < 1.29 is 17.6 Å². The minimum atomic E-state index is -4.57. The Kier molecular flexibility index (Phi) is 3.16. The minimum absolute atomic E-state index is 0.0223. The molecule has 1 aromatic carbocycles. The van der Waals surface area contributed by atoms with Gasteiger partial charge in [-0.05, 0) is 28.1 Å². The average molecular weight is 272 g/mol.